The van der Waals surface area contributed by atoms with Gasteiger partial charge in [-0.3, -0.25) is 9.36 Å². The number of aromatic nitrogens is 3. The van der Waals surface area contributed by atoms with Crippen LogP contribution in [0.2, 0.25) is 0 Å². The zero-order valence-corrected chi connectivity index (χ0v) is 18.9. The summed E-state index contributed by atoms with van der Waals surface area (Å²) in [6, 6.07) is 10.2. The first kappa shape index (κ1) is 19.7. The van der Waals surface area contributed by atoms with Crippen LogP contribution in [0.3, 0.4) is 0 Å². The molecule has 0 radical (unpaired) electrons. The predicted octanol–water partition coefficient (Wildman–Crippen LogP) is 5.94. The lowest BCUT2D eigenvalue weighted by molar-refractivity contribution is 0.668. The molecule has 7 heteroatoms. The first-order valence-electron chi connectivity index (χ1n) is 10.0. The van der Waals surface area contributed by atoms with Crippen molar-refractivity contribution in [3.63, 3.8) is 0 Å². The summed E-state index contributed by atoms with van der Waals surface area (Å²) < 4.78 is 1.77. The minimum atomic E-state index is 0.0741. The number of thiazole rings is 1. The third kappa shape index (κ3) is 3.66. The topological polar surface area (TPSA) is 47.8 Å². The second-order valence-corrected chi connectivity index (χ2v) is 10.2. The Labute approximate surface area is 187 Å². The van der Waals surface area contributed by atoms with Gasteiger partial charge in [-0.1, -0.05) is 48.2 Å². The molecule has 0 unspecified atom stereocenters. The summed E-state index contributed by atoms with van der Waals surface area (Å²) >= 11 is 4.93. The van der Waals surface area contributed by atoms with Gasteiger partial charge in [-0.15, -0.1) is 29.3 Å². The molecule has 4 nitrogen and oxygen atoms in total. The fraction of sp³-hybridized carbons (Fsp3) is 0.261. The number of rotatable bonds is 6. The lowest BCUT2D eigenvalue weighted by atomic mass is 9.97. The van der Waals surface area contributed by atoms with Crippen molar-refractivity contribution >= 4 is 44.7 Å². The van der Waals surface area contributed by atoms with Crippen LogP contribution in [0.25, 0.3) is 20.8 Å². The van der Waals surface area contributed by atoms with Crippen LogP contribution in [0.15, 0.2) is 58.3 Å². The number of benzene rings is 1. The SMILES string of the molecule is C=CCn1c(SCc2csc(-c3ccccc3)n2)nc2sc3c(c2c1=O)CCCC3. The van der Waals surface area contributed by atoms with Gasteiger partial charge in [0.25, 0.3) is 5.56 Å². The van der Waals surface area contributed by atoms with Crippen LogP contribution in [-0.4, -0.2) is 14.5 Å². The number of nitrogens with zero attached hydrogens (tertiary/aromatic N) is 3. The molecule has 0 N–H and O–H groups in total. The van der Waals surface area contributed by atoms with E-state index in [1.165, 1.54) is 16.9 Å². The van der Waals surface area contributed by atoms with Crippen molar-refractivity contribution < 1.29 is 0 Å². The van der Waals surface area contributed by atoms with E-state index in [2.05, 4.69) is 24.1 Å². The van der Waals surface area contributed by atoms with Crippen LogP contribution in [0.4, 0.5) is 0 Å². The van der Waals surface area contributed by atoms with Gasteiger partial charge in [0.05, 0.1) is 11.1 Å². The molecule has 0 spiro atoms. The van der Waals surface area contributed by atoms with Crippen molar-refractivity contribution in [2.75, 3.05) is 0 Å². The molecule has 1 aliphatic rings. The number of fused-ring (bicyclic) bond motifs is 3. The lowest BCUT2D eigenvalue weighted by Crippen LogP contribution is -2.23. The minimum Gasteiger partial charge on any atom is -0.283 e. The zero-order chi connectivity index (χ0) is 20.5. The summed E-state index contributed by atoms with van der Waals surface area (Å²) in [4.78, 5) is 25.2. The molecule has 3 aromatic heterocycles. The Bertz CT molecular complexity index is 1270. The van der Waals surface area contributed by atoms with Gasteiger partial charge in [0, 0.05) is 28.1 Å². The summed E-state index contributed by atoms with van der Waals surface area (Å²) in [5.41, 5.74) is 3.45. The van der Waals surface area contributed by atoms with Crippen LogP contribution in [-0.2, 0) is 25.1 Å². The summed E-state index contributed by atoms with van der Waals surface area (Å²) in [6.45, 7) is 4.32. The first-order chi connectivity index (χ1) is 14.7. The fourth-order valence-corrected chi connectivity index (χ4v) is 6.98. The number of hydrogen-bond donors (Lipinski definition) is 0. The Morgan fingerprint density at radius 1 is 1.17 bits per heavy atom. The van der Waals surface area contributed by atoms with Crippen LogP contribution < -0.4 is 5.56 Å². The standard InChI is InChI=1S/C23H21N3OS3/c1-2-12-26-22(27)19-17-10-6-7-11-18(17)30-21(19)25-23(26)29-14-16-13-28-20(24-16)15-8-4-3-5-9-15/h2-5,8-9,13H,1,6-7,10-12,14H2. The maximum absolute atomic E-state index is 13.3. The van der Waals surface area contributed by atoms with Crippen LogP contribution in [0, 0.1) is 0 Å². The number of aryl methyl sites for hydroxylation is 2. The number of allylic oxidation sites excluding steroid dienone is 1. The van der Waals surface area contributed by atoms with E-state index in [9.17, 15) is 4.79 Å². The highest BCUT2D eigenvalue weighted by molar-refractivity contribution is 7.98. The summed E-state index contributed by atoms with van der Waals surface area (Å²) in [5.74, 6) is 0.684. The van der Waals surface area contributed by atoms with Gasteiger partial charge in [-0.05, 0) is 31.2 Å². The predicted molar refractivity (Wildman–Crippen MR) is 128 cm³/mol. The van der Waals surface area contributed by atoms with Crippen molar-refractivity contribution in [2.45, 2.75) is 43.1 Å². The molecule has 4 aromatic rings. The average molecular weight is 452 g/mol. The summed E-state index contributed by atoms with van der Waals surface area (Å²) in [6.07, 6.45) is 6.20. The lowest BCUT2D eigenvalue weighted by Gasteiger charge is -2.12. The molecule has 1 aliphatic carbocycles. The van der Waals surface area contributed by atoms with Crippen molar-refractivity contribution in [1.29, 1.82) is 0 Å². The first-order valence-corrected chi connectivity index (χ1v) is 12.7. The van der Waals surface area contributed by atoms with Gasteiger partial charge in [0.1, 0.15) is 9.84 Å². The molecule has 0 amide bonds. The van der Waals surface area contributed by atoms with Gasteiger partial charge in [0.15, 0.2) is 5.16 Å². The third-order valence-corrected chi connectivity index (χ3v) is 8.41. The monoisotopic (exact) mass is 451 g/mol. The minimum absolute atomic E-state index is 0.0741. The van der Waals surface area contributed by atoms with E-state index < -0.39 is 0 Å². The second kappa shape index (κ2) is 8.49. The quantitative estimate of drug-likeness (QED) is 0.207. The molecule has 0 saturated carbocycles. The molecular formula is C23H21N3OS3. The number of hydrogen-bond acceptors (Lipinski definition) is 6. The van der Waals surface area contributed by atoms with Crippen molar-refractivity contribution in [3.05, 3.63) is 74.9 Å². The Kier molecular flexibility index (Phi) is 5.58. The largest absolute Gasteiger partial charge is 0.283 e. The Hall–Kier alpha value is -2.22. The summed E-state index contributed by atoms with van der Waals surface area (Å²) in [7, 11) is 0. The van der Waals surface area contributed by atoms with Gasteiger partial charge in [-0.25, -0.2) is 9.97 Å². The molecule has 3 heterocycles. The van der Waals surface area contributed by atoms with E-state index >= 15 is 0 Å². The molecule has 0 atom stereocenters. The van der Waals surface area contributed by atoms with E-state index in [1.807, 2.05) is 18.2 Å². The van der Waals surface area contributed by atoms with Gasteiger partial charge in [-0.2, -0.15) is 0 Å². The normalized spacial score (nSPS) is 13.5. The third-order valence-electron chi connectivity index (χ3n) is 5.27. The van der Waals surface area contributed by atoms with Crippen LogP contribution >= 0.6 is 34.4 Å². The van der Waals surface area contributed by atoms with Crippen molar-refractivity contribution in [1.82, 2.24) is 14.5 Å². The van der Waals surface area contributed by atoms with Gasteiger partial charge < -0.3 is 0 Å². The smallest absolute Gasteiger partial charge is 0.263 e. The molecule has 152 valence electrons. The van der Waals surface area contributed by atoms with E-state index in [4.69, 9.17) is 9.97 Å². The Balaban J connectivity index is 1.47. The highest BCUT2D eigenvalue weighted by Crippen LogP contribution is 2.35. The summed E-state index contributed by atoms with van der Waals surface area (Å²) in [5, 5.41) is 4.69. The maximum atomic E-state index is 13.3. The van der Waals surface area contributed by atoms with Crippen molar-refractivity contribution in [3.8, 4) is 10.6 Å². The van der Waals surface area contributed by atoms with Crippen molar-refractivity contribution in [2.24, 2.45) is 0 Å². The molecule has 0 bridgehead atoms. The second-order valence-electron chi connectivity index (χ2n) is 7.29. The maximum Gasteiger partial charge on any atom is 0.263 e. The Morgan fingerprint density at radius 3 is 2.83 bits per heavy atom. The molecule has 30 heavy (non-hydrogen) atoms. The van der Waals surface area contributed by atoms with Gasteiger partial charge in [0.2, 0.25) is 0 Å². The van der Waals surface area contributed by atoms with E-state index in [1.54, 1.807) is 45.1 Å². The van der Waals surface area contributed by atoms with Crippen LogP contribution in [0.1, 0.15) is 29.0 Å². The molecule has 0 aliphatic heterocycles. The number of thioether (sulfide) groups is 1. The highest BCUT2D eigenvalue weighted by Gasteiger charge is 2.22. The number of thiophene rings is 1. The van der Waals surface area contributed by atoms with Gasteiger partial charge >= 0.3 is 0 Å². The van der Waals surface area contributed by atoms with Crippen LogP contribution in [0.5, 0.6) is 0 Å². The fourth-order valence-electron chi connectivity index (χ4n) is 3.85. The van der Waals surface area contributed by atoms with E-state index in [-0.39, 0.29) is 5.56 Å². The van der Waals surface area contributed by atoms with E-state index in [0.717, 1.165) is 50.9 Å². The molecular weight excluding hydrogens is 430 g/mol. The highest BCUT2D eigenvalue weighted by atomic mass is 32.2. The molecule has 5 rings (SSSR count). The molecule has 0 fully saturated rings. The zero-order valence-electron chi connectivity index (χ0n) is 16.5. The molecule has 0 saturated heterocycles. The molecule has 1 aromatic carbocycles. The van der Waals surface area contributed by atoms with E-state index in [0.29, 0.717) is 12.3 Å². The average Bonchev–Trinajstić information content (AvgIpc) is 3.40. The Morgan fingerprint density at radius 2 is 2.00 bits per heavy atom.